The van der Waals surface area contributed by atoms with Crippen molar-refractivity contribution < 1.29 is 14.3 Å². The molecule has 0 spiro atoms. The standard InChI is InChI=1S/C23H26N4O3/c1-16(28)25-20(17-8-5-4-6-9-17)15-21(29)26-22(23-24-12-13-27(23)2)18-10-7-11-19(14-18)30-3/h4-14,20,22H,15H2,1-3H3,(H,25,28)(H,26,29)/t20-,22-/m1/s1. The van der Waals surface area contributed by atoms with Crippen LogP contribution in [0.1, 0.15) is 42.4 Å². The molecule has 0 fully saturated rings. The van der Waals surface area contributed by atoms with Crippen LogP contribution in [0.3, 0.4) is 0 Å². The Kier molecular flexibility index (Phi) is 6.85. The number of nitrogens with zero attached hydrogens (tertiary/aromatic N) is 2. The fourth-order valence-corrected chi connectivity index (χ4v) is 3.36. The predicted molar refractivity (Wildman–Crippen MR) is 114 cm³/mol. The number of aromatic nitrogens is 2. The van der Waals surface area contributed by atoms with Gasteiger partial charge in [0.25, 0.3) is 0 Å². The minimum Gasteiger partial charge on any atom is -0.497 e. The monoisotopic (exact) mass is 406 g/mol. The lowest BCUT2D eigenvalue weighted by atomic mass is 10.0. The maximum atomic E-state index is 13.0. The zero-order valence-electron chi connectivity index (χ0n) is 17.3. The number of nitrogens with one attached hydrogen (secondary N) is 2. The van der Waals surface area contributed by atoms with E-state index in [2.05, 4.69) is 15.6 Å². The van der Waals surface area contributed by atoms with Gasteiger partial charge in [-0.25, -0.2) is 4.98 Å². The Morgan fingerprint density at radius 3 is 2.43 bits per heavy atom. The summed E-state index contributed by atoms with van der Waals surface area (Å²) in [6, 6.07) is 16.1. The van der Waals surface area contributed by atoms with Crippen molar-refractivity contribution in [1.29, 1.82) is 0 Å². The summed E-state index contributed by atoms with van der Waals surface area (Å²) < 4.78 is 7.20. The summed E-state index contributed by atoms with van der Waals surface area (Å²) in [6.07, 6.45) is 3.63. The largest absolute Gasteiger partial charge is 0.497 e. The van der Waals surface area contributed by atoms with E-state index >= 15 is 0 Å². The number of methoxy groups -OCH3 is 1. The molecule has 1 heterocycles. The first-order valence-corrected chi connectivity index (χ1v) is 9.70. The quantitative estimate of drug-likeness (QED) is 0.602. The van der Waals surface area contributed by atoms with E-state index in [1.54, 1.807) is 13.3 Å². The van der Waals surface area contributed by atoms with Crippen LogP contribution in [-0.4, -0.2) is 28.5 Å². The zero-order valence-corrected chi connectivity index (χ0v) is 17.3. The predicted octanol–water partition coefficient (Wildman–Crippen LogP) is 2.90. The van der Waals surface area contributed by atoms with Gasteiger partial charge in [0.2, 0.25) is 11.8 Å². The molecule has 3 rings (SSSR count). The topological polar surface area (TPSA) is 85.2 Å². The van der Waals surface area contributed by atoms with Crippen molar-refractivity contribution in [2.75, 3.05) is 7.11 Å². The van der Waals surface area contributed by atoms with Gasteiger partial charge < -0.3 is 19.9 Å². The van der Waals surface area contributed by atoms with Gasteiger partial charge in [-0.2, -0.15) is 0 Å². The van der Waals surface area contributed by atoms with Crippen LogP contribution in [0, 0.1) is 0 Å². The van der Waals surface area contributed by atoms with Crippen LogP contribution in [-0.2, 0) is 16.6 Å². The number of aryl methyl sites for hydroxylation is 1. The molecule has 7 nitrogen and oxygen atoms in total. The molecule has 0 aliphatic carbocycles. The summed E-state index contributed by atoms with van der Waals surface area (Å²) in [5.41, 5.74) is 1.73. The Balaban J connectivity index is 1.85. The highest BCUT2D eigenvalue weighted by Crippen LogP contribution is 2.25. The summed E-state index contributed by atoms with van der Waals surface area (Å²) in [5.74, 6) is 1.01. The highest BCUT2D eigenvalue weighted by Gasteiger charge is 2.24. The molecule has 0 aliphatic heterocycles. The van der Waals surface area contributed by atoms with Crippen molar-refractivity contribution in [3.05, 3.63) is 83.9 Å². The van der Waals surface area contributed by atoms with Crippen LogP contribution in [0.25, 0.3) is 0 Å². The molecule has 0 saturated heterocycles. The fourth-order valence-electron chi connectivity index (χ4n) is 3.36. The SMILES string of the molecule is COc1cccc([C@@H](NC(=O)C[C@@H](NC(C)=O)c2ccccc2)c2nccn2C)c1. The summed E-state index contributed by atoms with van der Waals surface area (Å²) >= 11 is 0. The van der Waals surface area contributed by atoms with Gasteiger partial charge in [-0.1, -0.05) is 42.5 Å². The average molecular weight is 406 g/mol. The second-order valence-corrected chi connectivity index (χ2v) is 7.04. The number of rotatable bonds is 8. The lowest BCUT2D eigenvalue weighted by Gasteiger charge is -2.22. The number of carbonyl (C=O) groups excluding carboxylic acids is 2. The zero-order chi connectivity index (χ0) is 21.5. The van der Waals surface area contributed by atoms with E-state index in [1.165, 1.54) is 6.92 Å². The third-order valence-corrected chi connectivity index (χ3v) is 4.82. The number of imidazole rings is 1. The number of ether oxygens (including phenoxy) is 1. The van der Waals surface area contributed by atoms with E-state index < -0.39 is 12.1 Å². The molecular weight excluding hydrogens is 380 g/mol. The molecule has 3 aromatic rings. The molecule has 0 radical (unpaired) electrons. The first kappa shape index (κ1) is 21.1. The van der Waals surface area contributed by atoms with Crippen LogP contribution < -0.4 is 15.4 Å². The number of benzene rings is 2. The van der Waals surface area contributed by atoms with Gasteiger partial charge in [-0.15, -0.1) is 0 Å². The molecule has 30 heavy (non-hydrogen) atoms. The maximum Gasteiger partial charge on any atom is 0.223 e. The molecule has 2 amide bonds. The maximum absolute atomic E-state index is 13.0. The van der Waals surface area contributed by atoms with E-state index in [4.69, 9.17) is 4.74 Å². The van der Waals surface area contributed by atoms with E-state index in [0.29, 0.717) is 11.6 Å². The molecule has 7 heteroatoms. The normalized spacial score (nSPS) is 12.6. The second-order valence-electron chi connectivity index (χ2n) is 7.04. The van der Waals surface area contributed by atoms with Crippen LogP contribution in [0.5, 0.6) is 5.75 Å². The van der Waals surface area contributed by atoms with E-state index in [0.717, 1.165) is 11.1 Å². The van der Waals surface area contributed by atoms with Crippen LogP contribution >= 0.6 is 0 Å². The lowest BCUT2D eigenvalue weighted by Crippen LogP contribution is -2.35. The Bertz CT molecular complexity index is 1000. The highest BCUT2D eigenvalue weighted by molar-refractivity contribution is 5.79. The minimum absolute atomic E-state index is 0.106. The van der Waals surface area contributed by atoms with E-state index in [1.807, 2.05) is 72.4 Å². The van der Waals surface area contributed by atoms with Crippen molar-refractivity contribution >= 4 is 11.8 Å². The minimum atomic E-state index is -0.457. The van der Waals surface area contributed by atoms with Gasteiger partial charge in [0.05, 0.1) is 19.6 Å². The molecule has 2 aromatic carbocycles. The molecule has 0 saturated carbocycles. The van der Waals surface area contributed by atoms with Crippen LogP contribution in [0.15, 0.2) is 67.0 Å². The lowest BCUT2D eigenvalue weighted by molar-refractivity contribution is -0.123. The summed E-state index contributed by atoms with van der Waals surface area (Å²) in [4.78, 5) is 29.1. The first-order valence-electron chi connectivity index (χ1n) is 9.70. The Morgan fingerprint density at radius 2 is 1.80 bits per heavy atom. The summed E-state index contributed by atoms with van der Waals surface area (Å²) in [7, 11) is 3.48. The Morgan fingerprint density at radius 1 is 1.07 bits per heavy atom. The van der Waals surface area contributed by atoms with Crippen molar-refractivity contribution in [3.8, 4) is 5.75 Å². The molecule has 1 aromatic heterocycles. The highest BCUT2D eigenvalue weighted by atomic mass is 16.5. The van der Waals surface area contributed by atoms with Crippen LogP contribution in [0.4, 0.5) is 0 Å². The third-order valence-electron chi connectivity index (χ3n) is 4.82. The molecule has 156 valence electrons. The molecular formula is C23H26N4O3. The second kappa shape index (κ2) is 9.73. The van der Waals surface area contributed by atoms with Gasteiger partial charge >= 0.3 is 0 Å². The van der Waals surface area contributed by atoms with Gasteiger partial charge in [-0.05, 0) is 23.3 Å². The van der Waals surface area contributed by atoms with Gasteiger partial charge in [-0.3, -0.25) is 9.59 Å². The first-order chi connectivity index (χ1) is 14.5. The van der Waals surface area contributed by atoms with Gasteiger partial charge in [0.1, 0.15) is 17.6 Å². The Hall–Kier alpha value is -3.61. The van der Waals surface area contributed by atoms with Gasteiger partial charge in [0.15, 0.2) is 0 Å². The van der Waals surface area contributed by atoms with Crippen molar-refractivity contribution in [2.45, 2.75) is 25.4 Å². The summed E-state index contributed by atoms with van der Waals surface area (Å²) in [5, 5.41) is 5.94. The molecule has 0 unspecified atom stereocenters. The third kappa shape index (κ3) is 5.26. The van der Waals surface area contributed by atoms with Gasteiger partial charge in [0, 0.05) is 26.4 Å². The van der Waals surface area contributed by atoms with Crippen molar-refractivity contribution in [2.24, 2.45) is 7.05 Å². The molecule has 2 atom stereocenters. The van der Waals surface area contributed by atoms with Crippen molar-refractivity contribution in [1.82, 2.24) is 20.2 Å². The molecule has 0 bridgehead atoms. The van der Waals surface area contributed by atoms with E-state index in [-0.39, 0.29) is 18.2 Å². The smallest absolute Gasteiger partial charge is 0.223 e. The average Bonchev–Trinajstić information content (AvgIpc) is 3.17. The summed E-state index contributed by atoms with van der Waals surface area (Å²) in [6.45, 7) is 1.45. The molecule has 0 aliphatic rings. The number of hydrogen-bond acceptors (Lipinski definition) is 4. The van der Waals surface area contributed by atoms with Crippen molar-refractivity contribution in [3.63, 3.8) is 0 Å². The number of hydrogen-bond donors (Lipinski definition) is 2. The van der Waals surface area contributed by atoms with E-state index in [9.17, 15) is 9.59 Å². The Labute approximate surface area is 176 Å². The van der Waals surface area contributed by atoms with Crippen LogP contribution in [0.2, 0.25) is 0 Å². The number of carbonyl (C=O) groups is 2. The fraction of sp³-hybridized carbons (Fsp3) is 0.261. The molecule has 2 N–H and O–H groups in total. The number of amides is 2.